The lowest BCUT2D eigenvalue weighted by atomic mass is 10.1. The maximum absolute atomic E-state index is 12.3. The summed E-state index contributed by atoms with van der Waals surface area (Å²) >= 11 is 0. The van der Waals surface area contributed by atoms with E-state index in [2.05, 4.69) is 5.32 Å². The Bertz CT molecular complexity index is 697. The Morgan fingerprint density at radius 1 is 1.16 bits per heavy atom. The molecule has 0 bridgehead atoms. The molecule has 0 fully saturated rings. The number of nitrogens with two attached hydrogens (primary N) is 1. The van der Waals surface area contributed by atoms with Gasteiger partial charge in [-0.25, -0.2) is 0 Å². The van der Waals surface area contributed by atoms with Gasteiger partial charge in [-0.05, 0) is 44.9 Å². The van der Waals surface area contributed by atoms with Crippen LogP contribution >= 0.6 is 12.4 Å². The van der Waals surface area contributed by atoms with Gasteiger partial charge in [-0.3, -0.25) is 4.79 Å². The molecule has 25 heavy (non-hydrogen) atoms. The number of hydrogen-bond acceptors (Lipinski definition) is 3. The van der Waals surface area contributed by atoms with Gasteiger partial charge in [0, 0.05) is 12.1 Å². The first-order valence-electron chi connectivity index (χ1n) is 8.13. The number of ether oxygens (including phenoxy) is 1. The Morgan fingerprint density at radius 2 is 1.80 bits per heavy atom. The predicted octanol–water partition coefficient (Wildman–Crippen LogP) is 3.91. The third-order valence-corrected chi connectivity index (χ3v) is 3.53. The molecule has 2 rings (SSSR count). The lowest BCUT2D eigenvalue weighted by Gasteiger charge is -2.24. The number of carbonyl (C=O) groups excluding carboxylic acids is 1. The molecule has 0 heterocycles. The third-order valence-electron chi connectivity index (χ3n) is 3.53. The Kier molecular flexibility index (Phi) is 7.46. The maximum atomic E-state index is 12.3. The lowest BCUT2D eigenvalue weighted by molar-refractivity contribution is -0.122. The van der Waals surface area contributed by atoms with Crippen LogP contribution in [0, 0.1) is 6.92 Å². The molecule has 136 valence electrons. The van der Waals surface area contributed by atoms with Crippen molar-refractivity contribution in [3.63, 3.8) is 0 Å². The van der Waals surface area contributed by atoms with Gasteiger partial charge in [0.2, 0.25) is 5.91 Å². The van der Waals surface area contributed by atoms with Gasteiger partial charge in [-0.2, -0.15) is 0 Å². The number of hydrogen-bond donors (Lipinski definition) is 2. The van der Waals surface area contributed by atoms with E-state index in [-0.39, 0.29) is 23.9 Å². The number of aryl methyl sites for hydroxylation is 1. The van der Waals surface area contributed by atoms with E-state index in [9.17, 15) is 4.79 Å². The summed E-state index contributed by atoms with van der Waals surface area (Å²) in [5.41, 5.74) is 8.57. The van der Waals surface area contributed by atoms with E-state index in [1.54, 1.807) is 0 Å². The third kappa shape index (κ3) is 6.40. The van der Waals surface area contributed by atoms with E-state index in [1.807, 2.05) is 76.2 Å². The number of amides is 1. The van der Waals surface area contributed by atoms with E-state index < -0.39 is 6.04 Å². The molecule has 0 saturated heterocycles. The first kappa shape index (κ1) is 21.0. The van der Waals surface area contributed by atoms with Crippen LogP contribution in [-0.4, -0.2) is 11.5 Å². The summed E-state index contributed by atoms with van der Waals surface area (Å²) in [6.45, 7) is 8.41. The van der Waals surface area contributed by atoms with Crippen LogP contribution in [0.5, 0.6) is 5.75 Å². The summed E-state index contributed by atoms with van der Waals surface area (Å²) in [6, 6.07) is 14.6. The fourth-order valence-electron chi connectivity index (χ4n) is 2.34. The van der Waals surface area contributed by atoms with Gasteiger partial charge in [0.15, 0.2) is 0 Å². The van der Waals surface area contributed by atoms with Crippen molar-refractivity contribution >= 4 is 18.3 Å². The Labute approximate surface area is 156 Å². The van der Waals surface area contributed by atoms with Crippen molar-refractivity contribution in [2.24, 2.45) is 5.73 Å². The number of nitrogens with one attached hydrogen (secondary N) is 1. The lowest BCUT2D eigenvalue weighted by Crippen LogP contribution is -2.34. The quantitative estimate of drug-likeness (QED) is 0.847. The molecule has 1 amide bonds. The van der Waals surface area contributed by atoms with Crippen LogP contribution in [0.3, 0.4) is 0 Å². The minimum atomic E-state index is -0.677. The van der Waals surface area contributed by atoms with Gasteiger partial charge < -0.3 is 15.8 Å². The maximum Gasteiger partial charge on any atom is 0.241 e. The molecule has 3 N–H and O–H groups in total. The fraction of sp³-hybridized carbons (Fsp3) is 0.350. The highest BCUT2D eigenvalue weighted by Gasteiger charge is 2.18. The van der Waals surface area contributed by atoms with Crippen molar-refractivity contribution in [1.29, 1.82) is 0 Å². The molecular formula is C20H27ClN2O2. The standard InChI is InChI=1S/C20H26N2O2.ClH/c1-14-10-11-16(17(12-14)24-20(2,3)4)13-22-19(23)18(21)15-8-6-5-7-9-15;/h5-12,18H,13,21H2,1-4H3,(H,22,23);1H. The topological polar surface area (TPSA) is 64.4 Å². The molecule has 0 aliphatic rings. The van der Waals surface area contributed by atoms with E-state index in [0.29, 0.717) is 6.54 Å². The summed E-state index contributed by atoms with van der Waals surface area (Å²) in [6.07, 6.45) is 0. The van der Waals surface area contributed by atoms with Gasteiger partial charge in [-0.15, -0.1) is 12.4 Å². The van der Waals surface area contributed by atoms with Crippen LogP contribution < -0.4 is 15.8 Å². The minimum Gasteiger partial charge on any atom is -0.488 e. The Hall–Kier alpha value is -2.04. The second-order valence-electron chi connectivity index (χ2n) is 6.93. The molecule has 5 heteroatoms. The average molecular weight is 363 g/mol. The number of halogens is 1. The van der Waals surface area contributed by atoms with Gasteiger partial charge in [0.1, 0.15) is 17.4 Å². The fourth-order valence-corrected chi connectivity index (χ4v) is 2.34. The molecule has 0 aliphatic heterocycles. The first-order valence-corrected chi connectivity index (χ1v) is 8.13. The van der Waals surface area contributed by atoms with Crippen LogP contribution in [0.25, 0.3) is 0 Å². The molecule has 2 aromatic rings. The molecule has 0 radical (unpaired) electrons. The van der Waals surface area contributed by atoms with Crippen molar-refractivity contribution < 1.29 is 9.53 Å². The minimum absolute atomic E-state index is 0. The molecule has 0 aromatic heterocycles. The molecule has 4 nitrogen and oxygen atoms in total. The van der Waals surface area contributed by atoms with Crippen LogP contribution in [0.15, 0.2) is 48.5 Å². The molecule has 1 atom stereocenters. The van der Waals surface area contributed by atoms with E-state index in [4.69, 9.17) is 10.5 Å². The monoisotopic (exact) mass is 362 g/mol. The van der Waals surface area contributed by atoms with E-state index in [1.165, 1.54) is 0 Å². The van der Waals surface area contributed by atoms with Crippen LogP contribution in [0.4, 0.5) is 0 Å². The van der Waals surface area contributed by atoms with Crippen LogP contribution in [0.1, 0.15) is 43.5 Å². The number of carbonyl (C=O) groups is 1. The van der Waals surface area contributed by atoms with Crippen LogP contribution in [-0.2, 0) is 11.3 Å². The van der Waals surface area contributed by atoms with Crippen molar-refractivity contribution in [3.05, 3.63) is 65.2 Å². The zero-order valence-corrected chi connectivity index (χ0v) is 16.0. The van der Waals surface area contributed by atoms with E-state index in [0.717, 1.165) is 22.4 Å². The summed E-state index contributed by atoms with van der Waals surface area (Å²) in [5, 5.41) is 2.90. The highest BCUT2D eigenvalue weighted by atomic mass is 35.5. The molecule has 0 saturated carbocycles. The zero-order chi connectivity index (χ0) is 17.7. The highest BCUT2D eigenvalue weighted by molar-refractivity contribution is 5.85. The smallest absolute Gasteiger partial charge is 0.241 e. The van der Waals surface area contributed by atoms with Gasteiger partial charge in [0.25, 0.3) is 0 Å². The van der Waals surface area contributed by atoms with Gasteiger partial charge in [0.05, 0.1) is 0 Å². The van der Waals surface area contributed by atoms with Gasteiger partial charge in [-0.1, -0.05) is 42.5 Å². The second-order valence-corrected chi connectivity index (χ2v) is 6.93. The van der Waals surface area contributed by atoms with Crippen molar-refractivity contribution in [2.75, 3.05) is 0 Å². The SMILES string of the molecule is Cc1ccc(CNC(=O)C(N)c2ccccc2)c(OC(C)(C)C)c1.Cl. The summed E-state index contributed by atoms with van der Waals surface area (Å²) in [7, 11) is 0. The largest absolute Gasteiger partial charge is 0.488 e. The molecular weight excluding hydrogens is 336 g/mol. The highest BCUT2D eigenvalue weighted by Crippen LogP contribution is 2.25. The second kappa shape index (κ2) is 8.88. The molecule has 1 unspecified atom stereocenters. The zero-order valence-electron chi connectivity index (χ0n) is 15.2. The average Bonchev–Trinajstić information content (AvgIpc) is 2.52. The molecule has 2 aromatic carbocycles. The van der Waals surface area contributed by atoms with Crippen molar-refractivity contribution in [1.82, 2.24) is 5.32 Å². The van der Waals surface area contributed by atoms with Crippen molar-refractivity contribution in [2.45, 2.75) is 45.9 Å². The normalized spacial score (nSPS) is 12.0. The van der Waals surface area contributed by atoms with Gasteiger partial charge >= 0.3 is 0 Å². The summed E-state index contributed by atoms with van der Waals surface area (Å²) in [5.74, 6) is 0.583. The summed E-state index contributed by atoms with van der Waals surface area (Å²) in [4.78, 5) is 12.3. The van der Waals surface area contributed by atoms with Crippen LogP contribution in [0.2, 0.25) is 0 Å². The molecule has 0 spiro atoms. The predicted molar refractivity (Wildman–Crippen MR) is 104 cm³/mol. The van der Waals surface area contributed by atoms with E-state index >= 15 is 0 Å². The molecule has 0 aliphatic carbocycles. The number of rotatable bonds is 5. The Morgan fingerprint density at radius 3 is 2.40 bits per heavy atom. The first-order chi connectivity index (χ1) is 11.3. The van der Waals surface area contributed by atoms with Crippen molar-refractivity contribution in [3.8, 4) is 5.75 Å². The number of benzene rings is 2. The summed E-state index contributed by atoms with van der Waals surface area (Å²) < 4.78 is 6.01. The Balaban J connectivity index is 0.00000312.